The molecule has 0 aromatic carbocycles. The summed E-state index contributed by atoms with van der Waals surface area (Å²) < 4.78 is 5.00. The van der Waals surface area contributed by atoms with Crippen LogP contribution >= 0.6 is 0 Å². The minimum absolute atomic E-state index is 0.181. The molecule has 1 aliphatic heterocycles. The van der Waals surface area contributed by atoms with E-state index >= 15 is 0 Å². The monoisotopic (exact) mass is 243 g/mol. The van der Waals surface area contributed by atoms with Gasteiger partial charge < -0.3 is 15.4 Å². The largest absolute Gasteiger partial charge is 0.450 e. The highest BCUT2D eigenvalue weighted by atomic mass is 16.6. The van der Waals surface area contributed by atoms with Gasteiger partial charge in [0.15, 0.2) is 0 Å². The van der Waals surface area contributed by atoms with Gasteiger partial charge in [0.05, 0.1) is 6.61 Å². The van der Waals surface area contributed by atoms with E-state index in [2.05, 4.69) is 11.8 Å². The van der Waals surface area contributed by atoms with Crippen molar-refractivity contribution in [3.8, 4) is 0 Å². The first-order valence-electron chi connectivity index (χ1n) is 6.58. The number of carbonyl (C=O) groups is 1. The fourth-order valence-electron chi connectivity index (χ4n) is 2.32. The molecule has 1 heterocycles. The lowest BCUT2D eigenvalue weighted by Gasteiger charge is -2.38. The quantitative estimate of drug-likeness (QED) is 0.779. The van der Waals surface area contributed by atoms with Crippen molar-refractivity contribution < 1.29 is 9.53 Å². The van der Waals surface area contributed by atoms with Crippen molar-refractivity contribution in [2.75, 3.05) is 39.3 Å². The van der Waals surface area contributed by atoms with Gasteiger partial charge in [0, 0.05) is 32.2 Å². The molecule has 1 amide bonds. The van der Waals surface area contributed by atoms with Crippen LogP contribution in [0.3, 0.4) is 0 Å². The SMILES string of the molecule is CCOC(=O)N1CCN(C(CC)CCN)CC1. The summed E-state index contributed by atoms with van der Waals surface area (Å²) in [6.07, 6.45) is 1.98. The maximum absolute atomic E-state index is 11.5. The van der Waals surface area contributed by atoms with Gasteiger partial charge in [-0.3, -0.25) is 4.90 Å². The summed E-state index contributed by atoms with van der Waals surface area (Å²) in [4.78, 5) is 15.8. The predicted octanol–water partition coefficient (Wildman–Crippen LogP) is 0.888. The summed E-state index contributed by atoms with van der Waals surface area (Å²) in [5.41, 5.74) is 5.62. The third-order valence-electron chi connectivity index (χ3n) is 3.33. The molecule has 0 aromatic rings. The van der Waals surface area contributed by atoms with Crippen LogP contribution in [0.1, 0.15) is 26.7 Å². The van der Waals surface area contributed by atoms with Crippen LogP contribution in [-0.4, -0.2) is 61.3 Å². The maximum atomic E-state index is 11.5. The first-order valence-corrected chi connectivity index (χ1v) is 6.58. The van der Waals surface area contributed by atoms with Crippen molar-refractivity contribution in [2.45, 2.75) is 32.7 Å². The Balaban J connectivity index is 2.36. The highest BCUT2D eigenvalue weighted by Gasteiger charge is 2.25. The third kappa shape index (κ3) is 4.16. The number of piperazine rings is 1. The first-order chi connectivity index (χ1) is 8.22. The number of rotatable bonds is 5. The Morgan fingerprint density at radius 1 is 1.29 bits per heavy atom. The molecule has 2 N–H and O–H groups in total. The topological polar surface area (TPSA) is 58.8 Å². The predicted molar refractivity (Wildman–Crippen MR) is 67.9 cm³/mol. The van der Waals surface area contributed by atoms with Crippen molar-refractivity contribution in [1.29, 1.82) is 0 Å². The molecule has 100 valence electrons. The summed E-state index contributed by atoms with van der Waals surface area (Å²) >= 11 is 0. The molecule has 1 rings (SSSR count). The lowest BCUT2D eigenvalue weighted by molar-refractivity contribution is 0.0639. The van der Waals surface area contributed by atoms with Gasteiger partial charge in [-0.2, -0.15) is 0 Å². The fourth-order valence-corrected chi connectivity index (χ4v) is 2.32. The minimum atomic E-state index is -0.181. The maximum Gasteiger partial charge on any atom is 0.409 e. The number of nitrogens with two attached hydrogens (primary N) is 1. The fraction of sp³-hybridized carbons (Fsp3) is 0.917. The van der Waals surface area contributed by atoms with Gasteiger partial charge in [0.2, 0.25) is 0 Å². The normalized spacial score (nSPS) is 19.1. The smallest absolute Gasteiger partial charge is 0.409 e. The summed E-state index contributed by atoms with van der Waals surface area (Å²) in [5.74, 6) is 0. The van der Waals surface area contributed by atoms with E-state index in [9.17, 15) is 4.79 Å². The number of ether oxygens (including phenoxy) is 1. The molecule has 5 heteroatoms. The van der Waals surface area contributed by atoms with E-state index in [0.29, 0.717) is 12.6 Å². The molecule has 0 aliphatic carbocycles. The highest BCUT2D eigenvalue weighted by molar-refractivity contribution is 5.67. The summed E-state index contributed by atoms with van der Waals surface area (Å²) in [5, 5.41) is 0. The first kappa shape index (κ1) is 14.3. The Labute approximate surface area is 104 Å². The average molecular weight is 243 g/mol. The van der Waals surface area contributed by atoms with Gasteiger partial charge in [-0.15, -0.1) is 0 Å². The summed E-state index contributed by atoms with van der Waals surface area (Å²) in [6, 6.07) is 0.560. The van der Waals surface area contributed by atoms with Crippen LogP contribution in [0, 0.1) is 0 Å². The van der Waals surface area contributed by atoms with Gasteiger partial charge in [-0.05, 0) is 26.3 Å². The van der Waals surface area contributed by atoms with Gasteiger partial charge in [-0.25, -0.2) is 4.79 Å². The van der Waals surface area contributed by atoms with E-state index in [1.54, 1.807) is 4.90 Å². The lowest BCUT2D eigenvalue weighted by Crippen LogP contribution is -2.52. The molecule has 17 heavy (non-hydrogen) atoms. The van der Waals surface area contributed by atoms with E-state index in [0.717, 1.165) is 45.6 Å². The molecule has 1 atom stereocenters. The molecular formula is C12H25N3O2. The van der Waals surface area contributed by atoms with Crippen molar-refractivity contribution in [3.63, 3.8) is 0 Å². The number of nitrogens with zero attached hydrogens (tertiary/aromatic N) is 2. The average Bonchev–Trinajstić information content (AvgIpc) is 2.36. The van der Waals surface area contributed by atoms with Crippen LogP contribution in [0.5, 0.6) is 0 Å². The van der Waals surface area contributed by atoms with E-state index in [1.807, 2.05) is 6.92 Å². The van der Waals surface area contributed by atoms with Crippen LogP contribution < -0.4 is 5.73 Å². The van der Waals surface area contributed by atoms with E-state index in [4.69, 9.17) is 10.5 Å². The van der Waals surface area contributed by atoms with Crippen molar-refractivity contribution in [2.24, 2.45) is 5.73 Å². The third-order valence-corrected chi connectivity index (χ3v) is 3.33. The standard InChI is InChI=1S/C12H25N3O2/c1-3-11(5-6-13)14-7-9-15(10-8-14)12(16)17-4-2/h11H,3-10,13H2,1-2H3. The summed E-state index contributed by atoms with van der Waals surface area (Å²) in [7, 11) is 0. The summed E-state index contributed by atoms with van der Waals surface area (Å²) in [6.45, 7) is 8.59. The van der Waals surface area contributed by atoms with Crippen LogP contribution in [0.2, 0.25) is 0 Å². The van der Waals surface area contributed by atoms with Crippen LogP contribution in [0.25, 0.3) is 0 Å². The van der Waals surface area contributed by atoms with Gasteiger partial charge in [-0.1, -0.05) is 6.92 Å². The number of hydrogen-bond donors (Lipinski definition) is 1. The molecule has 5 nitrogen and oxygen atoms in total. The molecule has 1 unspecified atom stereocenters. The van der Waals surface area contributed by atoms with Gasteiger partial charge in [0.25, 0.3) is 0 Å². The molecule has 0 bridgehead atoms. The van der Waals surface area contributed by atoms with Crippen molar-refractivity contribution in [3.05, 3.63) is 0 Å². The van der Waals surface area contributed by atoms with Gasteiger partial charge >= 0.3 is 6.09 Å². The lowest BCUT2D eigenvalue weighted by atomic mass is 10.1. The number of carbonyl (C=O) groups excluding carboxylic acids is 1. The Bertz CT molecular complexity index is 228. The Kier molecular flexibility index (Phi) is 6.29. The highest BCUT2D eigenvalue weighted by Crippen LogP contribution is 2.12. The number of hydrogen-bond acceptors (Lipinski definition) is 4. The van der Waals surface area contributed by atoms with Crippen LogP contribution in [0.4, 0.5) is 4.79 Å². The molecule has 0 aromatic heterocycles. The second kappa shape index (κ2) is 7.50. The van der Waals surface area contributed by atoms with E-state index in [1.165, 1.54) is 0 Å². The zero-order chi connectivity index (χ0) is 12.7. The molecule has 0 saturated carbocycles. The Morgan fingerprint density at radius 3 is 2.41 bits per heavy atom. The zero-order valence-electron chi connectivity index (χ0n) is 11.0. The Hall–Kier alpha value is -0.810. The molecule has 1 fully saturated rings. The van der Waals surface area contributed by atoms with E-state index < -0.39 is 0 Å². The van der Waals surface area contributed by atoms with E-state index in [-0.39, 0.29) is 6.09 Å². The number of amides is 1. The zero-order valence-corrected chi connectivity index (χ0v) is 11.0. The molecule has 0 spiro atoms. The molecule has 0 radical (unpaired) electrons. The minimum Gasteiger partial charge on any atom is -0.450 e. The molecule has 1 saturated heterocycles. The molecule has 1 aliphatic rings. The van der Waals surface area contributed by atoms with Crippen molar-refractivity contribution >= 4 is 6.09 Å². The Morgan fingerprint density at radius 2 is 1.94 bits per heavy atom. The second-order valence-corrected chi connectivity index (χ2v) is 4.36. The van der Waals surface area contributed by atoms with Gasteiger partial charge in [0.1, 0.15) is 0 Å². The van der Waals surface area contributed by atoms with Crippen molar-refractivity contribution in [1.82, 2.24) is 9.80 Å². The second-order valence-electron chi connectivity index (χ2n) is 4.36. The van der Waals surface area contributed by atoms with Crippen LogP contribution in [-0.2, 0) is 4.74 Å². The van der Waals surface area contributed by atoms with Crippen LogP contribution in [0.15, 0.2) is 0 Å². The molecular weight excluding hydrogens is 218 g/mol.